The molecule has 0 aliphatic heterocycles. The summed E-state index contributed by atoms with van der Waals surface area (Å²) in [5, 5.41) is 22.9. The van der Waals surface area contributed by atoms with Gasteiger partial charge in [-0.25, -0.2) is 9.37 Å². The Kier molecular flexibility index (Phi) is 5.40. The lowest BCUT2D eigenvalue weighted by molar-refractivity contribution is -0.120. The average molecular weight is 408 g/mol. The van der Waals surface area contributed by atoms with Crippen LogP contribution in [-0.2, 0) is 15.9 Å². The van der Waals surface area contributed by atoms with Crippen LogP contribution in [0.25, 0.3) is 11.0 Å². The van der Waals surface area contributed by atoms with E-state index in [1.165, 1.54) is 31.2 Å². The van der Waals surface area contributed by atoms with Gasteiger partial charge in [0.15, 0.2) is 0 Å². The fourth-order valence-electron chi connectivity index (χ4n) is 3.50. The minimum absolute atomic E-state index is 0.228. The van der Waals surface area contributed by atoms with Crippen LogP contribution in [0.4, 0.5) is 10.3 Å². The van der Waals surface area contributed by atoms with Crippen molar-refractivity contribution in [2.45, 2.75) is 52.2 Å². The number of rotatable bonds is 4. The minimum Gasteiger partial charge on any atom is -0.385 e. The van der Waals surface area contributed by atoms with E-state index in [4.69, 9.17) is 0 Å². The van der Waals surface area contributed by atoms with Crippen LogP contribution in [0.3, 0.4) is 0 Å². The highest BCUT2D eigenvalue weighted by Crippen LogP contribution is 2.31. The molecule has 6 nitrogen and oxygen atoms in total. The van der Waals surface area contributed by atoms with Gasteiger partial charge in [0, 0.05) is 5.54 Å². The molecular weight excluding hydrogens is 383 g/mol. The number of benzene rings is 2. The summed E-state index contributed by atoms with van der Waals surface area (Å²) >= 11 is 0. The second-order valence-corrected chi connectivity index (χ2v) is 8.71. The molecule has 0 spiro atoms. The van der Waals surface area contributed by atoms with Gasteiger partial charge in [0.05, 0.1) is 34.7 Å². The Hall–Kier alpha value is -3.24. The van der Waals surface area contributed by atoms with Gasteiger partial charge in [-0.05, 0) is 70.0 Å². The standard InChI is InChI=1S/C23H25FN4O2/c1-14-10-18-19(11-15(14)13-25)28(22(2,3)4)21(26-18)27-20(29)12-23(5,30)16-6-8-17(24)9-7-16/h6-11,30H,12H2,1-5H3,(H,26,27,29). The number of nitrogens with zero attached hydrogens (tertiary/aromatic N) is 3. The number of carbonyl (C=O) groups excluding carboxylic acids is 1. The summed E-state index contributed by atoms with van der Waals surface area (Å²) < 4.78 is 15.0. The molecule has 3 aromatic rings. The molecule has 0 bridgehead atoms. The third kappa shape index (κ3) is 4.19. The number of hydrogen-bond acceptors (Lipinski definition) is 4. The van der Waals surface area contributed by atoms with E-state index in [1.807, 2.05) is 38.3 Å². The van der Waals surface area contributed by atoms with E-state index in [-0.39, 0.29) is 6.42 Å². The number of halogens is 1. The number of aromatic nitrogens is 2. The number of hydrogen-bond donors (Lipinski definition) is 2. The molecule has 0 aliphatic rings. The molecular formula is C23H25FN4O2. The van der Waals surface area contributed by atoms with Crippen molar-refractivity contribution in [2.75, 3.05) is 5.32 Å². The monoisotopic (exact) mass is 408 g/mol. The number of imidazole rings is 1. The fraction of sp³-hybridized carbons (Fsp3) is 0.348. The van der Waals surface area contributed by atoms with E-state index in [0.29, 0.717) is 22.6 Å². The van der Waals surface area contributed by atoms with Crippen molar-refractivity contribution in [2.24, 2.45) is 0 Å². The molecule has 0 fully saturated rings. The van der Waals surface area contributed by atoms with Crippen LogP contribution >= 0.6 is 0 Å². The van der Waals surface area contributed by atoms with E-state index >= 15 is 0 Å². The van der Waals surface area contributed by atoms with E-state index < -0.39 is 22.9 Å². The highest BCUT2D eigenvalue weighted by atomic mass is 19.1. The Bertz CT molecular complexity index is 1150. The molecule has 7 heteroatoms. The van der Waals surface area contributed by atoms with Crippen molar-refractivity contribution in [3.8, 4) is 6.07 Å². The highest BCUT2D eigenvalue weighted by Gasteiger charge is 2.29. The van der Waals surface area contributed by atoms with Gasteiger partial charge in [0.1, 0.15) is 5.82 Å². The Morgan fingerprint density at radius 2 is 1.87 bits per heavy atom. The lowest BCUT2D eigenvalue weighted by Crippen LogP contribution is -2.31. The van der Waals surface area contributed by atoms with Gasteiger partial charge in [0.2, 0.25) is 11.9 Å². The molecule has 3 rings (SSSR count). The number of aliphatic hydroxyl groups is 1. The Labute approximate surface area is 175 Å². The molecule has 1 heterocycles. The van der Waals surface area contributed by atoms with Crippen LogP contribution in [0.1, 0.15) is 50.8 Å². The van der Waals surface area contributed by atoms with Crippen molar-refractivity contribution < 1.29 is 14.3 Å². The number of nitriles is 1. The van der Waals surface area contributed by atoms with Crippen LogP contribution in [0.5, 0.6) is 0 Å². The molecule has 0 aliphatic carbocycles. The molecule has 2 N–H and O–H groups in total. The third-order valence-corrected chi connectivity index (χ3v) is 5.01. The molecule has 1 unspecified atom stereocenters. The van der Waals surface area contributed by atoms with E-state index in [1.54, 1.807) is 6.07 Å². The summed E-state index contributed by atoms with van der Waals surface area (Å²) in [5.74, 6) is -0.501. The second kappa shape index (κ2) is 7.54. The molecule has 1 atom stereocenters. The predicted molar refractivity (Wildman–Crippen MR) is 113 cm³/mol. The van der Waals surface area contributed by atoms with E-state index in [2.05, 4.69) is 16.4 Å². The summed E-state index contributed by atoms with van der Waals surface area (Å²) in [4.78, 5) is 17.3. The van der Waals surface area contributed by atoms with Crippen molar-refractivity contribution in [1.82, 2.24) is 9.55 Å². The number of fused-ring (bicyclic) bond motifs is 1. The average Bonchev–Trinajstić information content (AvgIpc) is 2.97. The second-order valence-electron chi connectivity index (χ2n) is 8.71. The third-order valence-electron chi connectivity index (χ3n) is 5.01. The molecule has 1 aromatic heterocycles. The maximum Gasteiger partial charge on any atom is 0.229 e. The number of carbonyl (C=O) groups is 1. The van der Waals surface area contributed by atoms with Crippen molar-refractivity contribution >= 4 is 22.9 Å². The first kappa shape index (κ1) is 21.5. The van der Waals surface area contributed by atoms with Crippen molar-refractivity contribution in [3.63, 3.8) is 0 Å². The number of amides is 1. The van der Waals surface area contributed by atoms with Gasteiger partial charge in [-0.2, -0.15) is 5.26 Å². The van der Waals surface area contributed by atoms with Crippen molar-refractivity contribution in [3.05, 3.63) is 58.9 Å². The predicted octanol–water partition coefficient (Wildman–Crippen LogP) is 4.35. The van der Waals surface area contributed by atoms with Crippen molar-refractivity contribution in [1.29, 1.82) is 5.26 Å². The van der Waals surface area contributed by atoms with Crippen LogP contribution in [0, 0.1) is 24.1 Å². The van der Waals surface area contributed by atoms with E-state index in [9.17, 15) is 19.6 Å². The zero-order valence-corrected chi connectivity index (χ0v) is 17.7. The summed E-state index contributed by atoms with van der Waals surface area (Å²) in [5.41, 5.74) is 1.32. The van der Waals surface area contributed by atoms with Gasteiger partial charge in [-0.15, -0.1) is 0 Å². The lowest BCUT2D eigenvalue weighted by Gasteiger charge is -2.26. The van der Waals surface area contributed by atoms with Crippen LogP contribution < -0.4 is 5.32 Å². The Balaban J connectivity index is 1.95. The molecule has 2 aromatic carbocycles. The number of nitrogens with one attached hydrogen (secondary N) is 1. The van der Waals surface area contributed by atoms with Crippen LogP contribution in [0.2, 0.25) is 0 Å². The number of anilines is 1. The zero-order valence-electron chi connectivity index (χ0n) is 17.7. The highest BCUT2D eigenvalue weighted by molar-refractivity contribution is 5.92. The first-order chi connectivity index (χ1) is 13.9. The molecule has 0 saturated carbocycles. The quantitative estimate of drug-likeness (QED) is 0.672. The number of aryl methyl sites for hydroxylation is 1. The first-order valence-electron chi connectivity index (χ1n) is 9.64. The first-order valence-corrected chi connectivity index (χ1v) is 9.64. The van der Waals surface area contributed by atoms with Crippen LogP contribution in [0.15, 0.2) is 36.4 Å². The lowest BCUT2D eigenvalue weighted by atomic mass is 9.92. The van der Waals surface area contributed by atoms with Gasteiger partial charge in [-0.1, -0.05) is 12.1 Å². The molecule has 0 radical (unpaired) electrons. The van der Waals surface area contributed by atoms with Gasteiger partial charge in [-0.3, -0.25) is 10.1 Å². The molecule has 156 valence electrons. The largest absolute Gasteiger partial charge is 0.385 e. The summed E-state index contributed by atoms with van der Waals surface area (Å²) in [6, 6.07) is 11.2. The minimum atomic E-state index is -1.47. The fourth-order valence-corrected chi connectivity index (χ4v) is 3.50. The molecule has 0 saturated heterocycles. The molecule has 30 heavy (non-hydrogen) atoms. The topological polar surface area (TPSA) is 90.9 Å². The van der Waals surface area contributed by atoms with Gasteiger partial charge in [0.25, 0.3) is 0 Å². The Morgan fingerprint density at radius 1 is 1.23 bits per heavy atom. The SMILES string of the molecule is Cc1cc2nc(NC(=O)CC(C)(O)c3ccc(F)cc3)n(C(C)(C)C)c2cc1C#N. The van der Waals surface area contributed by atoms with Gasteiger partial charge < -0.3 is 9.67 Å². The molecule has 1 amide bonds. The van der Waals surface area contributed by atoms with Gasteiger partial charge >= 0.3 is 0 Å². The van der Waals surface area contributed by atoms with E-state index in [0.717, 1.165) is 11.1 Å². The maximum absolute atomic E-state index is 13.2. The zero-order chi connectivity index (χ0) is 22.3. The summed E-state index contributed by atoms with van der Waals surface area (Å²) in [7, 11) is 0. The smallest absolute Gasteiger partial charge is 0.229 e. The Morgan fingerprint density at radius 3 is 2.43 bits per heavy atom. The normalized spacial score (nSPS) is 13.7. The summed E-state index contributed by atoms with van der Waals surface area (Å²) in [6.07, 6.45) is -0.228. The van der Waals surface area contributed by atoms with Crippen LogP contribution in [-0.4, -0.2) is 20.6 Å². The summed E-state index contributed by atoms with van der Waals surface area (Å²) in [6.45, 7) is 9.28. The maximum atomic E-state index is 13.2.